The van der Waals surface area contributed by atoms with E-state index in [1.54, 1.807) is 18.0 Å². The summed E-state index contributed by atoms with van der Waals surface area (Å²) in [6.45, 7) is 0.844. The molecule has 0 saturated carbocycles. The monoisotopic (exact) mass is 453 g/mol. The Balaban J connectivity index is 1.59. The van der Waals surface area contributed by atoms with Crippen molar-refractivity contribution in [2.75, 3.05) is 13.6 Å². The maximum atomic E-state index is 13.0. The first-order valence-electron chi connectivity index (χ1n) is 11.3. The summed E-state index contributed by atoms with van der Waals surface area (Å²) in [4.78, 5) is 26.8. The van der Waals surface area contributed by atoms with Gasteiger partial charge in [-0.25, -0.2) is 4.79 Å². The Morgan fingerprint density at radius 3 is 2.06 bits per heavy atom. The fourth-order valence-corrected chi connectivity index (χ4v) is 3.98. The van der Waals surface area contributed by atoms with Gasteiger partial charge in [0, 0.05) is 19.0 Å². The van der Waals surface area contributed by atoms with E-state index < -0.39 is 5.97 Å². The largest absolute Gasteiger partial charge is 0.487 e. The van der Waals surface area contributed by atoms with Crippen LogP contribution in [0.2, 0.25) is 0 Å². The molecule has 5 nitrogen and oxygen atoms in total. The Morgan fingerprint density at radius 1 is 0.824 bits per heavy atom. The summed E-state index contributed by atoms with van der Waals surface area (Å²) in [5.74, 6) is -0.823. The Kier molecular flexibility index (Phi) is 7.23. The second-order valence-electron chi connectivity index (χ2n) is 8.27. The molecule has 0 saturated heterocycles. The predicted molar refractivity (Wildman–Crippen MR) is 133 cm³/mol. The van der Waals surface area contributed by atoms with Crippen LogP contribution in [0.15, 0.2) is 91.0 Å². The molecule has 0 radical (unpaired) electrons. The SMILES string of the molecule is CN(CCc1ccccc1)C(=O)Cc1cc(C(=O)O)c(OCc2ccccc2)c2ccccc12. The number of amides is 1. The third kappa shape index (κ3) is 5.44. The fraction of sp³-hybridized carbons (Fsp3) is 0.172. The molecule has 0 heterocycles. The third-order valence-corrected chi connectivity index (χ3v) is 5.88. The lowest BCUT2D eigenvalue weighted by Crippen LogP contribution is -2.30. The molecule has 1 amide bonds. The highest BCUT2D eigenvalue weighted by molar-refractivity contribution is 6.03. The molecule has 4 aromatic rings. The Bertz CT molecular complexity index is 1290. The Labute approximate surface area is 199 Å². The zero-order chi connectivity index (χ0) is 23.9. The van der Waals surface area contributed by atoms with Gasteiger partial charge in [0.1, 0.15) is 17.9 Å². The van der Waals surface area contributed by atoms with Gasteiger partial charge in [-0.3, -0.25) is 4.79 Å². The maximum Gasteiger partial charge on any atom is 0.339 e. The number of carbonyl (C=O) groups excluding carboxylic acids is 1. The molecule has 34 heavy (non-hydrogen) atoms. The van der Waals surface area contributed by atoms with Gasteiger partial charge in [0.15, 0.2) is 0 Å². The van der Waals surface area contributed by atoms with E-state index in [9.17, 15) is 14.7 Å². The van der Waals surface area contributed by atoms with Crippen LogP contribution in [0.1, 0.15) is 27.0 Å². The lowest BCUT2D eigenvalue weighted by Gasteiger charge is -2.19. The average Bonchev–Trinajstić information content (AvgIpc) is 2.87. The van der Waals surface area contributed by atoms with Crippen LogP contribution in [0.25, 0.3) is 10.8 Å². The number of benzene rings is 4. The van der Waals surface area contributed by atoms with Crippen molar-refractivity contribution in [3.63, 3.8) is 0 Å². The molecule has 4 aromatic carbocycles. The van der Waals surface area contributed by atoms with Crippen molar-refractivity contribution in [1.29, 1.82) is 0 Å². The van der Waals surface area contributed by atoms with Crippen LogP contribution in [-0.2, 0) is 24.2 Å². The number of fused-ring (bicyclic) bond motifs is 1. The van der Waals surface area contributed by atoms with Gasteiger partial charge in [-0.2, -0.15) is 0 Å². The van der Waals surface area contributed by atoms with Crippen molar-refractivity contribution in [2.45, 2.75) is 19.4 Å². The number of hydrogen-bond donors (Lipinski definition) is 1. The first kappa shape index (κ1) is 23.1. The van der Waals surface area contributed by atoms with E-state index in [0.717, 1.165) is 17.4 Å². The lowest BCUT2D eigenvalue weighted by molar-refractivity contribution is -0.129. The number of likely N-dealkylation sites (N-methyl/N-ethyl adjacent to an activating group) is 1. The average molecular weight is 454 g/mol. The molecular weight excluding hydrogens is 426 g/mol. The molecule has 0 unspecified atom stereocenters. The molecule has 0 atom stereocenters. The maximum absolute atomic E-state index is 13.0. The quantitative estimate of drug-likeness (QED) is 0.370. The van der Waals surface area contributed by atoms with Crippen molar-refractivity contribution in [3.8, 4) is 5.75 Å². The van der Waals surface area contributed by atoms with E-state index in [4.69, 9.17) is 4.74 Å². The van der Waals surface area contributed by atoms with E-state index in [2.05, 4.69) is 0 Å². The molecule has 172 valence electrons. The number of carboxylic acid groups (broad SMARTS) is 1. The minimum atomic E-state index is -1.08. The van der Waals surface area contributed by atoms with E-state index in [1.807, 2.05) is 84.9 Å². The van der Waals surface area contributed by atoms with E-state index in [-0.39, 0.29) is 24.5 Å². The van der Waals surface area contributed by atoms with Crippen molar-refractivity contribution < 1.29 is 19.4 Å². The van der Waals surface area contributed by atoms with E-state index in [1.165, 1.54) is 5.56 Å². The molecule has 0 fully saturated rings. The summed E-state index contributed by atoms with van der Waals surface area (Å²) in [7, 11) is 1.78. The molecule has 0 aromatic heterocycles. The predicted octanol–water partition coefficient (Wildman–Crippen LogP) is 5.36. The summed E-state index contributed by atoms with van der Waals surface area (Å²) < 4.78 is 6.02. The van der Waals surface area contributed by atoms with Crippen LogP contribution in [0.4, 0.5) is 0 Å². The number of hydrogen-bond acceptors (Lipinski definition) is 3. The van der Waals surface area contributed by atoms with Crippen LogP contribution < -0.4 is 4.74 Å². The highest BCUT2D eigenvalue weighted by atomic mass is 16.5. The molecule has 0 aliphatic rings. The summed E-state index contributed by atoms with van der Waals surface area (Å²) in [5.41, 5.74) is 2.85. The smallest absolute Gasteiger partial charge is 0.339 e. The Hall–Kier alpha value is -4.12. The molecule has 0 aliphatic heterocycles. The summed E-state index contributed by atoms with van der Waals surface area (Å²) >= 11 is 0. The number of carbonyl (C=O) groups is 2. The minimum Gasteiger partial charge on any atom is -0.487 e. The van der Waals surface area contributed by atoms with E-state index in [0.29, 0.717) is 23.2 Å². The summed E-state index contributed by atoms with van der Waals surface area (Å²) in [6, 6.07) is 28.7. The first-order valence-corrected chi connectivity index (χ1v) is 11.3. The number of aromatic carboxylic acids is 1. The van der Waals surface area contributed by atoms with Gasteiger partial charge in [-0.05, 0) is 34.6 Å². The van der Waals surface area contributed by atoms with Gasteiger partial charge in [0.2, 0.25) is 5.91 Å². The number of ether oxygens (including phenoxy) is 1. The van der Waals surface area contributed by atoms with Crippen LogP contribution in [-0.4, -0.2) is 35.5 Å². The minimum absolute atomic E-state index is 0.0596. The Morgan fingerprint density at radius 2 is 1.41 bits per heavy atom. The zero-order valence-electron chi connectivity index (χ0n) is 19.1. The normalized spacial score (nSPS) is 10.7. The fourth-order valence-electron chi connectivity index (χ4n) is 3.98. The van der Waals surface area contributed by atoms with Gasteiger partial charge in [-0.1, -0.05) is 84.9 Å². The standard InChI is InChI=1S/C29H27NO4/c1-30(17-16-21-10-4-2-5-11-21)27(31)19-23-18-26(29(32)33)28(25-15-9-8-14-24(23)25)34-20-22-12-6-3-7-13-22/h2-15,18H,16-17,19-20H2,1H3,(H,32,33). The summed E-state index contributed by atoms with van der Waals surface area (Å²) in [6.07, 6.45) is 0.877. The first-order chi connectivity index (χ1) is 16.5. The van der Waals surface area contributed by atoms with Crippen LogP contribution in [0, 0.1) is 0 Å². The molecule has 0 bridgehead atoms. The van der Waals surface area contributed by atoms with Gasteiger partial charge < -0.3 is 14.7 Å². The molecule has 0 aliphatic carbocycles. The van der Waals surface area contributed by atoms with Gasteiger partial charge in [-0.15, -0.1) is 0 Å². The second-order valence-corrected chi connectivity index (χ2v) is 8.27. The number of rotatable bonds is 9. The van der Waals surface area contributed by atoms with Crippen molar-refractivity contribution in [2.24, 2.45) is 0 Å². The number of nitrogens with zero attached hydrogens (tertiary/aromatic N) is 1. The van der Waals surface area contributed by atoms with Crippen molar-refractivity contribution in [1.82, 2.24) is 4.90 Å². The lowest BCUT2D eigenvalue weighted by atomic mass is 9.97. The topological polar surface area (TPSA) is 66.8 Å². The van der Waals surface area contributed by atoms with Gasteiger partial charge in [0.25, 0.3) is 0 Å². The molecule has 5 heteroatoms. The molecular formula is C29H27NO4. The molecule has 0 spiro atoms. The van der Waals surface area contributed by atoms with Crippen LogP contribution >= 0.6 is 0 Å². The van der Waals surface area contributed by atoms with E-state index >= 15 is 0 Å². The second kappa shape index (κ2) is 10.7. The summed E-state index contributed by atoms with van der Waals surface area (Å²) in [5, 5.41) is 11.4. The zero-order valence-corrected chi connectivity index (χ0v) is 19.1. The molecule has 4 rings (SSSR count). The highest BCUT2D eigenvalue weighted by Gasteiger charge is 2.20. The van der Waals surface area contributed by atoms with Crippen molar-refractivity contribution in [3.05, 3.63) is 113 Å². The highest BCUT2D eigenvalue weighted by Crippen LogP contribution is 2.34. The van der Waals surface area contributed by atoms with Crippen LogP contribution in [0.5, 0.6) is 5.75 Å². The van der Waals surface area contributed by atoms with Gasteiger partial charge in [0.05, 0.1) is 6.42 Å². The van der Waals surface area contributed by atoms with Crippen molar-refractivity contribution >= 4 is 22.6 Å². The van der Waals surface area contributed by atoms with Gasteiger partial charge >= 0.3 is 5.97 Å². The molecule has 1 N–H and O–H groups in total. The number of carboxylic acids is 1. The third-order valence-electron chi connectivity index (χ3n) is 5.88. The van der Waals surface area contributed by atoms with Crippen LogP contribution in [0.3, 0.4) is 0 Å².